The monoisotopic (exact) mass is 318 g/mol. The summed E-state index contributed by atoms with van der Waals surface area (Å²) in [4.78, 5) is 35.8. The Balaban J connectivity index is 1.81. The molecule has 2 fully saturated rings. The Morgan fingerprint density at radius 1 is 1.30 bits per heavy atom. The molecule has 0 spiro atoms. The molecule has 2 amide bonds. The lowest BCUT2D eigenvalue weighted by Crippen LogP contribution is -2.36. The molecule has 2 saturated heterocycles. The zero-order chi connectivity index (χ0) is 16.6. The van der Waals surface area contributed by atoms with Crippen LogP contribution in [0.1, 0.15) is 44.1 Å². The van der Waals surface area contributed by atoms with E-state index in [2.05, 4.69) is 9.97 Å². The Morgan fingerprint density at radius 2 is 2.00 bits per heavy atom. The molecule has 0 aromatic carbocycles. The van der Waals surface area contributed by atoms with E-state index in [9.17, 15) is 9.59 Å². The van der Waals surface area contributed by atoms with E-state index in [4.69, 9.17) is 4.74 Å². The van der Waals surface area contributed by atoms with Gasteiger partial charge >= 0.3 is 6.09 Å². The highest BCUT2D eigenvalue weighted by Gasteiger charge is 2.33. The number of anilines is 1. The number of cyclic esters (lactones) is 1. The van der Waals surface area contributed by atoms with Crippen LogP contribution in [0.25, 0.3) is 0 Å². The van der Waals surface area contributed by atoms with Crippen molar-refractivity contribution in [1.82, 2.24) is 14.9 Å². The number of carbonyl (C=O) groups is 2. The molecule has 124 valence electrons. The van der Waals surface area contributed by atoms with Gasteiger partial charge in [-0.3, -0.25) is 9.69 Å². The Labute approximate surface area is 135 Å². The summed E-state index contributed by atoms with van der Waals surface area (Å²) in [5.41, 5.74) is 0.947. The predicted octanol–water partition coefficient (Wildman–Crippen LogP) is 1.86. The van der Waals surface area contributed by atoms with E-state index >= 15 is 0 Å². The summed E-state index contributed by atoms with van der Waals surface area (Å²) in [5, 5.41) is 0. The van der Waals surface area contributed by atoms with E-state index in [0.717, 1.165) is 31.6 Å². The second-order valence-electron chi connectivity index (χ2n) is 6.27. The van der Waals surface area contributed by atoms with Crippen molar-refractivity contribution in [2.75, 3.05) is 24.6 Å². The molecule has 0 bridgehead atoms. The third-order valence-electron chi connectivity index (χ3n) is 4.54. The molecule has 1 atom stereocenters. The normalized spacial score (nSPS) is 22.4. The summed E-state index contributed by atoms with van der Waals surface area (Å²) < 4.78 is 5.08. The van der Waals surface area contributed by atoms with Crippen molar-refractivity contribution in [2.45, 2.75) is 45.6 Å². The molecule has 0 radical (unpaired) electrons. The SMILES string of the molecule is CC(=O)N1CCC(c2cc(N3C(=O)OC[C@H]3C)nc(C)n2)CC1. The van der Waals surface area contributed by atoms with Crippen LogP contribution in [-0.2, 0) is 9.53 Å². The number of rotatable bonds is 2. The van der Waals surface area contributed by atoms with Crippen molar-refractivity contribution in [2.24, 2.45) is 0 Å². The summed E-state index contributed by atoms with van der Waals surface area (Å²) in [6.45, 7) is 7.26. The lowest BCUT2D eigenvalue weighted by Gasteiger charge is -2.31. The molecular formula is C16H22N4O3. The molecule has 0 N–H and O–H groups in total. The van der Waals surface area contributed by atoms with E-state index in [1.807, 2.05) is 24.8 Å². The van der Waals surface area contributed by atoms with Crippen LogP contribution >= 0.6 is 0 Å². The fourth-order valence-electron chi connectivity index (χ4n) is 3.23. The maximum absolute atomic E-state index is 11.9. The van der Waals surface area contributed by atoms with E-state index in [-0.39, 0.29) is 18.0 Å². The van der Waals surface area contributed by atoms with Crippen LogP contribution in [0.5, 0.6) is 0 Å². The fraction of sp³-hybridized carbons (Fsp3) is 0.625. The highest BCUT2D eigenvalue weighted by Crippen LogP contribution is 2.30. The second-order valence-corrected chi connectivity index (χ2v) is 6.27. The summed E-state index contributed by atoms with van der Waals surface area (Å²) in [6, 6.07) is 1.87. The van der Waals surface area contributed by atoms with Crippen molar-refractivity contribution >= 4 is 17.8 Å². The fourth-order valence-corrected chi connectivity index (χ4v) is 3.23. The molecule has 2 aliphatic heterocycles. The van der Waals surface area contributed by atoms with Crippen molar-refractivity contribution in [1.29, 1.82) is 0 Å². The molecule has 23 heavy (non-hydrogen) atoms. The lowest BCUT2D eigenvalue weighted by molar-refractivity contribution is -0.129. The van der Waals surface area contributed by atoms with Crippen LogP contribution in [0.3, 0.4) is 0 Å². The van der Waals surface area contributed by atoms with Crippen molar-refractivity contribution in [3.05, 3.63) is 17.6 Å². The number of amides is 2. The number of nitrogens with zero attached hydrogens (tertiary/aromatic N) is 4. The quantitative estimate of drug-likeness (QED) is 0.832. The molecule has 1 aromatic rings. The van der Waals surface area contributed by atoms with Gasteiger partial charge in [0.05, 0.1) is 6.04 Å². The van der Waals surface area contributed by atoms with Gasteiger partial charge in [0.1, 0.15) is 18.2 Å². The van der Waals surface area contributed by atoms with Crippen LogP contribution in [-0.4, -0.2) is 52.6 Å². The molecule has 7 heteroatoms. The zero-order valence-electron chi connectivity index (χ0n) is 13.8. The predicted molar refractivity (Wildman–Crippen MR) is 84.3 cm³/mol. The van der Waals surface area contributed by atoms with Gasteiger partial charge in [0.2, 0.25) is 5.91 Å². The molecule has 7 nitrogen and oxygen atoms in total. The summed E-state index contributed by atoms with van der Waals surface area (Å²) in [7, 11) is 0. The van der Waals surface area contributed by atoms with Gasteiger partial charge in [-0.15, -0.1) is 0 Å². The van der Waals surface area contributed by atoms with E-state index in [1.54, 1.807) is 11.8 Å². The van der Waals surface area contributed by atoms with Gasteiger partial charge in [-0.25, -0.2) is 14.8 Å². The van der Waals surface area contributed by atoms with Crippen LogP contribution < -0.4 is 4.90 Å². The number of piperidine rings is 1. The summed E-state index contributed by atoms with van der Waals surface area (Å²) in [6.07, 6.45) is 1.42. The van der Waals surface area contributed by atoms with Crippen molar-refractivity contribution < 1.29 is 14.3 Å². The number of likely N-dealkylation sites (tertiary alicyclic amines) is 1. The number of aromatic nitrogens is 2. The smallest absolute Gasteiger partial charge is 0.415 e. The number of ether oxygens (including phenoxy) is 1. The summed E-state index contributed by atoms with van der Waals surface area (Å²) >= 11 is 0. The van der Waals surface area contributed by atoms with E-state index < -0.39 is 0 Å². The van der Waals surface area contributed by atoms with Gasteiger partial charge in [0, 0.05) is 37.7 Å². The van der Waals surface area contributed by atoms with Gasteiger partial charge in [-0.05, 0) is 26.7 Å². The highest BCUT2D eigenvalue weighted by molar-refractivity contribution is 5.89. The van der Waals surface area contributed by atoms with Gasteiger partial charge < -0.3 is 9.64 Å². The zero-order valence-corrected chi connectivity index (χ0v) is 13.8. The molecule has 2 aliphatic rings. The Hall–Kier alpha value is -2.18. The second kappa shape index (κ2) is 6.14. The van der Waals surface area contributed by atoms with Gasteiger partial charge in [0.25, 0.3) is 0 Å². The minimum atomic E-state index is -0.354. The number of hydrogen-bond donors (Lipinski definition) is 0. The van der Waals surface area contributed by atoms with E-state index in [0.29, 0.717) is 24.2 Å². The highest BCUT2D eigenvalue weighted by atomic mass is 16.6. The van der Waals surface area contributed by atoms with E-state index in [1.165, 1.54) is 0 Å². The third-order valence-corrected chi connectivity index (χ3v) is 4.54. The Kier molecular flexibility index (Phi) is 4.19. The molecule has 0 unspecified atom stereocenters. The van der Waals surface area contributed by atoms with Crippen LogP contribution in [0, 0.1) is 6.92 Å². The Bertz CT molecular complexity index is 626. The first-order valence-corrected chi connectivity index (χ1v) is 8.03. The summed E-state index contributed by atoms with van der Waals surface area (Å²) in [5.74, 6) is 1.67. The maximum Gasteiger partial charge on any atom is 0.415 e. The minimum absolute atomic E-state index is 0.0239. The third kappa shape index (κ3) is 3.13. The number of carbonyl (C=O) groups excluding carboxylic acids is 2. The average Bonchev–Trinajstić information content (AvgIpc) is 2.85. The van der Waals surface area contributed by atoms with Gasteiger partial charge in [0.15, 0.2) is 0 Å². The van der Waals surface area contributed by atoms with Crippen LogP contribution in [0.2, 0.25) is 0 Å². The maximum atomic E-state index is 11.9. The first kappa shape index (κ1) is 15.7. The van der Waals surface area contributed by atoms with Crippen molar-refractivity contribution in [3.63, 3.8) is 0 Å². The van der Waals surface area contributed by atoms with Crippen LogP contribution in [0.4, 0.5) is 10.6 Å². The molecule has 3 heterocycles. The first-order valence-electron chi connectivity index (χ1n) is 8.03. The lowest BCUT2D eigenvalue weighted by atomic mass is 9.93. The van der Waals surface area contributed by atoms with Crippen LogP contribution in [0.15, 0.2) is 6.07 Å². The minimum Gasteiger partial charge on any atom is -0.447 e. The first-order chi connectivity index (χ1) is 11.0. The molecule has 1 aromatic heterocycles. The van der Waals surface area contributed by atoms with Gasteiger partial charge in [-0.1, -0.05) is 0 Å². The topological polar surface area (TPSA) is 75.6 Å². The average molecular weight is 318 g/mol. The molecule has 0 saturated carbocycles. The van der Waals surface area contributed by atoms with Gasteiger partial charge in [-0.2, -0.15) is 0 Å². The largest absolute Gasteiger partial charge is 0.447 e. The van der Waals surface area contributed by atoms with Crippen molar-refractivity contribution in [3.8, 4) is 0 Å². The molecule has 0 aliphatic carbocycles. The number of aryl methyl sites for hydroxylation is 1. The Morgan fingerprint density at radius 3 is 2.57 bits per heavy atom. The standard InChI is InChI=1S/C16H22N4O3/c1-10-9-23-16(22)20(10)15-8-14(17-11(2)18-15)13-4-6-19(7-5-13)12(3)21/h8,10,13H,4-7,9H2,1-3H3/t10-/m1/s1. The molecule has 3 rings (SSSR count). The molecular weight excluding hydrogens is 296 g/mol. The number of hydrogen-bond acceptors (Lipinski definition) is 5.